The molecule has 0 fully saturated rings. The van der Waals surface area contributed by atoms with E-state index in [1.54, 1.807) is 24.3 Å². The molecule has 5 heteroatoms. The first-order chi connectivity index (χ1) is 8.61. The van der Waals surface area contributed by atoms with Crippen LogP contribution in [0.1, 0.15) is 5.56 Å². The maximum absolute atomic E-state index is 9.61. The van der Waals surface area contributed by atoms with Crippen molar-refractivity contribution in [1.82, 2.24) is 5.32 Å². The van der Waals surface area contributed by atoms with Crippen LogP contribution in [0.2, 0.25) is 0 Å². The number of hydrogen-bond acceptors (Lipinski definition) is 4. The molecule has 0 spiro atoms. The summed E-state index contributed by atoms with van der Waals surface area (Å²) in [5.41, 5.74) is 0.574. The molecule has 18 heavy (non-hydrogen) atoms. The summed E-state index contributed by atoms with van der Waals surface area (Å²) in [5, 5.41) is 21.7. The van der Waals surface area contributed by atoms with E-state index in [2.05, 4.69) is 11.9 Å². The molecule has 0 heterocycles. The number of aliphatic hydroxyl groups is 1. The summed E-state index contributed by atoms with van der Waals surface area (Å²) >= 11 is 5.57. The molecule has 0 aliphatic carbocycles. The number of aliphatic hydroxyl groups excluding tert-OH is 1. The molecule has 1 aromatic carbocycles. The third-order valence-electron chi connectivity index (χ3n) is 2.12. The Kier molecular flexibility index (Phi) is 6.23. The molecule has 0 aliphatic rings. The van der Waals surface area contributed by atoms with Crippen LogP contribution in [0.25, 0.3) is 0 Å². The molecule has 0 amide bonds. The van der Waals surface area contributed by atoms with E-state index in [-0.39, 0.29) is 6.61 Å². The van der Waals surface area contributed by atoms with Gasteiger partial charge in [-0.15, -0.1) is 0 Å². The summed E-state index contributed by atoms with van der Waals surface area (Å²) in [6.07, 6.45) is -0.628. The molecule has 1 atom stereocenters. The molecule has 1 unspecified atom stereocenters. The molecular formula is C13H15ClN2O2. The largest absolute Gasteiger partial charge is 0.491 e. The summed E-state index contributed by atoms with van der Waals surface area (Å²) in [4.78, 5) is 0. The molecule has 1 aromatic rings. The molecule has 0 radical (unpaired) electrons. The van der Waals surface area contributed by atoms with Gasteiger partial charge in [0.15, 0.2) is 0 Å². The van der Waals surface area contributed by atoms with E-state index in [1.807, 2.05) is 6.07 Å². The van der Waals surface area contributed by atoms with Crippen LogP contribution in [-0.2, 0) is 0 Å². The molecule has 0 saturated heterocycles. The van der Waals surface area contributed by atoms with Gasteiger partial charge in [-0.25, -0.2) is 0 Å². The normalized spacial score (nSPS) is 11.6. The smallest absolute Gasteiger partial charge is 0.119 e. The second-order valence-corrected chi connectivity index (χ2v) is 4.28. The minimum atomic E-state index is -0.628. The lowest BCUT2D eigenvalue weighted by atomic mass is 10.2. The molecule has 0 saturated carbocycles. The van der Waals surface area contributed by atoms with Gasteiger partial charge >= 0.3 is 0 Å². The van der Waals surface area contributed by atoms with Crippen molar-refractivity contribution in [3.05, 3.63) is 41.4 Å². The van der Waals surface area contributed by atoms with Crippen LogP contribution in [0.5, 0.6) is 5.75 Å². The van der Waals surface area contributed by atoms with Crippen LogP contribution < -0.4 is 10.1 Å². The van der Waals surface area contributed by atoms with Crippen molar-refractivity contribution in [2.75, 3.05) is 19.7 Å². The second-order valence-electron chi connectivity index (χ2n) is 3.75. The lowest BCUT2D eigenvalue weighted by Crippen LogP contribution is -2.32. The van der Waals surface area contributed by atoms with Gasteiger partial charge in [0, 0.05) is 18.1 Å². The van der Waals surface area contributed by atoms with Crippen molar-refractivity contribution in [1.29, 1.82) is 5.26 Å². The quantitative estimate of drug-likeness (QED) is 0.787. The van der Waals surface area contributed by atoms with E-state index in [0.29, 0.717) is 29.4 Å². The van der Waals surface area contributed by atoms with Gasteiger partial charge in [-0.2, -0.15) is 5.26 Å². The van der Waals surface area contributed by atoms with Crippen molar-refractivity contribution < 1.29 is 9.84 Å². The maximum Gasteiger partial charge on any atom is 0.119 e. The van der Waals surface area contributed by atoms with Gasteiger partial charge in [-0.1, -0.05) is 18.2 Å². The number of halogens is 1. The number of hydrogen-bond donors (Lipinski definition) is 2. The average Bonchev–Trinajstić information content (AvgIpc) is 2.36. The minimum Gasteiger partial charge on any atom is -0.491 e. The Hall–Kier alpha value is -1.54. The summed E-state index contributed by atoms with van der Waals surface area (Å²) in [6, 6.07) is 8.74. The Labute approximate surface area is 111 Å². The Morgan fingerprint density at radius 2 is 2.17 bits per heavy atom. The first-order valence-corrected chi connectivity index (χ1v) is 5.84. The van der Waals surface area contributed by atoms with Gasteiger partial charge in [0.1, 0.15) is 18.5 Å². The first kappa shape index (κ1) is 14.5. The molecule has 0 aromatic heterocycles. The summed E-state index contributed by atoms with van der Waals surface area (Å²) < 4.78 is 5.37. The van der Waals surface area contributed by atoms with Crippen molar-refractivity contribution in [3.8, 4) is 11.8 Å². The fourth-order valence-electron chi connectivity index (χ4n) is 1.25. The first-order valence-electron chi connectivity index (χ1n) is 5.47. The molecular weight excluding hydrogens is 252 g/mol. The summed E-state index contributed by atoms with van der Waals surface area (Å²) in [5.74, 6) is 0.620. The highest BCUT2D eigenvalue weighted by Crippen LogP contribution is 2.11. The van der Waals surface area contributed by atoms with Crippen LogP contribution in [0.4, 0.5) is 0 Å². The maximum atomic E-state index is 9.61. The van der Waals surface area contributed by atoms with Gasteiger partial charge in [0.05, 0.1) is 11.6 Å². The number of rotatable bonds is 7. The third-order valence-corrected chi connectivity index (χ3v) is 2.26. The predicted octanol–water partition coefficient (Wildman–Crippen LogP) is 1.64. The number of ether oxygens (including phenoxy) is 1. The second kappa shape index (κ2) is 7.72. The van der Waals surface area contributed by atoms with Crippen LogP contribution in [-0.4, -0.2) is 30.9 Å². The van der Waals surface area contributed by atoms with Crippen molar-refractivity contribution >= 4 is 11.6 Å². The zero-order chi connectivity index (χ0) is 13.4. The SMILES string of the molecule is C=C(Cl)CNCC(O)COc1ccc(C#N)cc1. The Morgan fingerprint density at radius 3 is 2.72 bits per heavy atom. The fourth-order valence-corrected chi connectivity index (χ4v) is 1.35. The number of nitriles is 1. The van der Waals surface area contributed by atoms with E-state index in [0.717, 1.165) is 0 Å². The summed E-state index contributed by atoms with van der Waals surface area (Å²) in [6.45, 7) is 4.53. The van der Waals surface area contributed by atoms with E-state index in [9.17, 15) is 5.11 Å². The number of nitrogens with one attached hydrogen (secondary N) is 1. The lowest BCUT2D eigenvalue weighted by molar-refractivity contribution is 0.107. The van der Waals surface area contributed by atoms with Crippen LogP contribution in [0.15, 0.2) is 35.9 Å². The van der Waals surface area contributed by atoms with Gasteiger partial charge < -0.3 is 15.2 Å². The number of nitrogens with zero attached hydrogens (tertiary/aromatic N) is 1. The zero-order valence-corrected chi connectivity index (χ0v) is 10.7. The van der Waals surface area contributed by atoms with Crippen LogP contribution in [0.3, 0.4) is 0 Å². The Balaban J connectivity index is 2.27. The topological polar surface area (TPSA) is 65.3 Å². The highest BCUT2D eigenvalue weighted by atomic mass is 35.5. The number of benzene rings is 1. The van der Waals surface area contributed by atoms with Crippen LogP contribution in [0, 0.1) is 11.3 Å². The summed E-state index contributed by atoms with van der Waals surface area (Å²) in [7, 11) is 0. The molecule has 0 aliphatic heterocycles. The van der Waals surface area contributed by atoms with E-state index >= 15 is 0 Å². The Morgan fingerprint density at radius 1 is 1.50 bits per heavy atom. The minimum absolute atomic E-state index is 0.174. The monoisotopic (exact) mass is 266 g/mol. The third kappa shape index (κ3) is 5.69. The average molecular weight is 267 g/mol. The molecule has 1 rings (SSSR count). The molecule has 4 nitrogen and oxygen atoms in total. The van der Waals surface area contributed by atoms with E-state index in [4.69, 9.17) is 21.6 Å². The van der Waals surface area contributed by atoms with E-state index in [1.165, 1.54) is 0 Å². The van der Waals surface area contributed by atoms with Gasteiger partial charge in [0.2, 0.25) is 0 Å². The Bertz CT molecular complexity index is 426. The predicted molar refractivity (Wildman–Crippen MR) is 70.5 cm³/mol. The van der Waals surface area contributed by atoms with Gasteiger partial charge in [-0.05, 0) is 24.3 Å². The highest BCUT2D eigenvalue weighted by Gasteiger charge is 2.05. The van der Waals surface area contributed by atoms with Crippen molar-refractivity contribution in [2.45, 2.75) is 6.10 Å². The van der Waals surface area contributed by atoms with Gasteiger partial charge in [0.25, 0.3) is 0 Å². The molecule has 0 bridgehead atoms. The van der Waals surface area contributed by atoms with Crippen LogP contribution >= 0.6 is 11.6 Å². The van der Waals surface area contributed by atoms with Gasteiger partial charge in [-0.3, -0.25) is 0 Å². The zero-order valence-electron chi connectivity index (χ0n) is 9.90. The lowest BCUT2D eigenvalue weighted by Gasteiger charge is -2.13. The molecule has 2 N–H and O–H groups in total. The highest BCUT2D eigenvalue weighted by molar-refractivity contribution is 6.29. The van der Waals surface area contributed by atoms with E-state index < -0.39 is 6.10 Å². The standard InChI is InChI=1S/C13H15ClN2O2/c1-10(14)7-16-8-12(17)9-18-13-4-2-11(6-15)3-5-13/h2-5,12,16-17H,1,7-9H2. The van der Waals surface area contributed by atoms with Crippen molar-refractivity contribution in [3.63, 3.8) is 0 Å². The van der Waals surface area contributed by atoms with Crippen molar-refractivity contribution in [2.24, 2.45) is 0 Å². The molecule has 96 valence electrons. The fraction of sp³-hybridized carbons (Fsp3) is 0.308.